The Morgan fingerprint density at radius 2 is 1.84 bits per heavy atom. The number of ether oxygens (including phenoxy) is 1. The van der Waals surface area contributed by atoms with E-state index in [1.807, 2.05) is 30.3 Å². The first kappa shape index (κ1) is 15.2. The average Bonchev–Trinajstić information content (AvgIpc) is 2.41. The lowest BCUT2D eigenvalue weighted by Gasteiger charge is -2.16. The quantitative estimate of drug-likeness (QED) is 0.529. The zero-order valence-corrected chi connectivity index (χ0v) is 14.6. The summed E-state index contributed by atoms with van der Waals surface area (Å²) < 4.78 is 6.36. The number of hydrogen-bond donors (Lipinski definition) is 0. The van der Waals surface area contributed by atoms with Crippen LogP contribution in [0.25, 0.3) is 0 Å². The molecule has 5 heteroatoms. The molecule has 0 spiro atoms. The van der Waals surface area contributed by atoms with Crippen LogP contribution in [0.2, 0.25) is 10.0 Å². The maximum absolute atomic E-state index is 6.26. The second-order valence-corrected chi connectivity index (χ2v) is 6.51. The molecule has 19 heavy (non-hydrogen) atoms. The lowest BCUT2D eigenvalue weighted by Crippen LogP contribution is -1.98. The molecular formula is C14H10Br2Cl2O. The predicted octanol–water partition coefficient (Wildman–Crippen LogP) is 6.25. The monoisotopic (exact) mass is 422 g/mol. The van der Waals surface area contributed by atoms with Gasteiger partial charge in [-0.3, -0.25) is 0 Å². The van der Waals surface area contributed by atoms with E-state index in [2.05, 4.69) is 31.9 Å². The Hall–Kier alpha value is -0.220. The Balaban J connectivity index is 2.52. The molecular weight excluding hydrogens is 415 g/mol. The Morgan fingerprint density at radius 3 is 2.53 bits per heavy atom. The molecule has 0 aliphatic heterocycles. The van der Waals surface area contributed by atoms with E-state index in [1.54, 1.807) is 13.2 Å². The Morgan fingerprint density at radius 1 is 1.11 bits per heavy atom. The highest BCUT2D eigenvalue weighted by Gasteiger charge is 2.19. The van der Waals surface area contributed by atoms with Crippen molar-refractivity contribution in [3.8, 4) is 5.75 Å². The van der Waals surface area contributed by atoms with Crippen LogP contribution in [-0.4, -0.2) is 7.11 Å². The van der Waals surface area contributed by atoms with Crippen LogP contribution < -0.4 is 4.74 Å². The summed E-state index contributed by atoms with van der Waals surface area (Å²) in [6.07, 6.45) is 0. The lowest BCUT2D eigenvalue weighted by molar-refractivity contribution is 0.410. The highest BCUT2D eigenvalue weighted by molar-refractivity contribution is 9.10. The van der Waals surface area contributed by atoms with E-state index < -0.39 is 0 Å². The molecule has 0 saturated carbocycles. The average molecular weight is 425 g/mol. The lowest BCUT2D eigenvalue weighted by atomic mass is 10.0. The number of rotatable bonds is 3. The standard InChI is InChI=1S/C14H10Br2Cl2O/c1-19-12-6-5-8(15)7-10(12)13(16)9-3-2-4-11(17)14(9)18/h2-7,13H,1H3. The molecule has 2 aromatic carbocycles. The van der Waals surface area contributed by atoms with Crippen LogP contribution in [0.5, 0.6) is 5.75 Å². The van der Waals surface area contributed by atoms with Crippen molar-refractivity contribution in [3.63, 3.8) is 0 Å². The molecule has 100 valence electrons. The summed E-state index contributed by atoms with van der Waals surface area (Å²) in [7, 11) is 1.64. The van der Waals surface area contributed by atoms with Crippen LogP contribution in [0.4, 0.5) is 0 Å². The molecule has 0 heterocycles. The van der Waals surface area contributed by atoms with E-state index in [4.69, 9.17) is 27.9 Å². The molecule has 1 nitrogen and oxygen atoms in total. The fraction of sp³-hybridized carbons (Fsp3) is 0.143. The molecule has 0 aromatic heterocycles. The number of halogens is 4. The molecule has 0 N–H and O–H groups in total. The zero-order valence-electron chi connectivity index (χ0n) is 9.96. The van der Waals surface area contributed by atoms with Gasteiger partial charge in [0.05, 0.1) is 22.0 Å². The Labute approximate surface area is 139 Å². The van der Waals surface area contributed by atoms with Crippen molar-refractivity contribution < 1.29 is 4.74 Å². The fourth-order valence-corrected chi connectivity index (χ4v) is 3.45. The molecule has 1 atom stereocenters. The van der Waals surface area contributed by atoms with Gasteiger partial charge in [-0.25, -0.2) is 0 Å². The molecule has 0 saturated heterocycles. The van der Waals surface area contributed by atoms with Gasteiger partial charge in [-0.2, -0.15) is 0 Å². The van der Waals surface area contributed by atoms with Gasteiger partial charge in [0.2, 0.25) is 0 Å². The van der Waals surface area contributed by atoms with E-state index in [9.17, 15) is 0 Å². The van der Waals surface area contributed by atoms with Gasteiger partial charge in [0.15, 0.2) is 0 Å². The summed E-state index contributed by atoms with van der Waals surface area (Å²) in [5.74, 6) is 0.793. The molecule has 0 bridgehead atoms. The van der Waals surface area contributed by atoms with E-state index in [-0.39, 0.29) is 4.83 Å². The number of alkyl halides is 1. The van der Waals surface area contributed by atoms with Crippen LogP contribution in [0.3, 0.4) is 0 Å². The highest BCUT2D eigenvalue weighted by atomic mass is 79.9. The largest absolute Gasteiger partial charge is 0.496 e. The minimum Gasteiger partial charge on any atom is -0.496 e. The second kappa shape index (κ2) is 6.49. The summed E-state index contributed by atoms with van der Waals surface area (Å²) >= 11 is 19.4. The smallest absolute Gasteiger partial charge is 0.123 e. The fourth-order valence-electron chi connectivity index (χ4n) is 1.79. The van der Waals surface area contributed by atoms with Crippen molar-refractivity contribution in [1.29, 1.82) is 0 Å². The third-order valence-corrected chi connectivity index (χ3v) is 5.03. The molecule has 0 amide bonds. The van der Waals surface area contributed by atoms with Crippen LogP contribution in [-0.2, 0) is 0 Å². The second-order valence-electron chi connectivity index (χ2n) is 3.89. The van der Waals surface area contributed by atoms with E-state index in [0.29, 0.717) is 10.0 Å². The van der Waals surface area contributed by atoms with Crippen molar-refractivity contribution >= 4 is 55.1 Å². The zero-order chi connectivity index (χ0) is 14.0. The summed E-state index contributed by atoms with van der Waals surface area (Å²) in [5.41, 5.74) is 1.90. The first-order valence-corrected chi connectivity index (χ1v) is 7.92. The third kappa shape index (κ3) is 3.27. The predicted molar refractivity (Wildman–Crippen MR) is 87.9 cm³/mol. The van der Waals surface area contributed by atoms with E-state index in [0.717, 1.165) is 21.3 Å². The summed E-state index contributed by atoms with van der Waals surface area (Å²) in [6.45, 7) is 0. The molecule has 0 aliphatic carbocycles. The topological polar surface area (TPSA) is 9.23 Å². The summed E-state index contributed by atoms with van der Waals surface area (Å²) in [4.78, 5) is -0.0915. The van der Waals surface area contributed by atoms with Crippen molar-refractivity contribution in [2.45, 2.75) is 4.83 Å². The molecule has 0 fully saturated rings. The minimum atomic E-state index is -0.0915. The van der Waals surface area contributed by atoms with Gasteiger partial charge in [0, 0.05) is 10.0 Å². The van der Waals surface area contributed by atoms with Crippen LogP contribution in [0, 0.1) is 0 Å². The third-order valence-electron chi connectivity index (χ3n) is 2.72. The van der Waals surface area contributed by atoms with E-state index in [1.165, 1.54) is 0 Å². The molecule has 0 radical (unpaired) electrons. The van der Waals surface area contributed by atoms with Gasteiger partial charge >= 0.3 is 0 Å². The van der Waals surface area contributed by atoms with Crippen molar-refractivity contribution in [1.82, 2.24) is 0 Å². The van der Waals surface area contributed by atoms with Gasteiger partial charge in [0.1, 0.15) is 5.75 Å². The van der Waals surface area contributed by atoms with Crippen molar-refractivity contribution in [2.24, 2.45) is 0 Å². The Kier molecular flexibility index (Phi) is 5.18. The maximum Gasteiger partial charge on any atom is 0.123 e. The molecule has 2 rings (SSSR count). The summed E-state index contributed by atoms with van der Waals surface area (Å²) in [5, 5.41) is 1.09. The van der Waals surface area contributed by atoms with Gasteiger partial charge in [0.25, 0.3) is 0 Å². The van der Waals surface area contributed by atoms with Crippen LogP contribution in [0.1, 0.15) is 16.0 Å². The number of hydrogen-bond acceptors (Lipinski definition) is 1. The minimum absolute atomic E-state index is 0.0915. The first-order valence-electron chi connectivity index (χ1n) is 5.46. The van der Waals surface area contributed by atoms with E-state index >= 15 is 0 Å². The highest BCUT2D eigenvalue weighted by Crippen LogP contribution is 2.42. The molecule has 1 unspecified atom stereocenters. The van der Waals surface area contributed by atoms with Gasteiger partial charge < -0.3 is 4.74 Å². The Bertz CT molecular complexity index is 602. The van der Waals surface area contributed by atoms with Gasteiger partial charge in [-0.05, 0) is 29.8 Å². The maximum atomic E-state index is 6.26. The summed E-state index contributed by atoms with van der Waals surface area (Å²) in [6, 6.07) is 11.4. The SMILES string of the molecule is COc1ccc(Br)cc1C(Br)c1cccc(Cl)c1Cl. The van der Waals surface area contributed by atoms with Crippen LogP contribution in [0.15, 0.2) is 40.9 Å². The number of methoxy groups -OCH3 is 1. The van der Waals surface area contributed by atoms with Crippen molar-refractivity contribution in [2.75, 3.05) is 7.11 Å². The van der Waals surface area contributed by atoms with Gasteiger partial charge in [-0.1, -0.05) is 67.2 Å². The molecule has 0 aliphatic rings. The normalized spacial score (nSPS) is 12.3. The molecule has 2 aromatic rings. The first-order chi connectivity index (χ1) is 9.04. The van der Waals surface area contributed by atoms with Crippen LogP contribution >= 0.6 is 55.1 Å². The van der Waals surface area contributed by atoms with Gasteiger partial charge in [-0.15, -0.1) is 0 Å². The number of benzene rings is 2. The van der Waals surface area contributed by atoms with Crippen molar-refractivity contribution in [3.05, 3.63) is 62.0 Å².